The minimum atomic E-state index is 0.650. The highest BCUT2D eigenvalue weighted by atomic mass is 16.5. The van der Waals surface area contributed by atoms with Gasteiger partial charge in [0.05, 0.1) is 0 Å². The lowest BCUT2D eigenvalue weighted by Gasteiger charge is -2.21. The van der Waals surface area contributed by atoms with Crippen LogP contribution >= 0.6 is 0 Å². The molecule has 2 aromatic rings. The van der Waals surface area contributed by atoms with Crippen LogP contribution in [0.25, 0.3) is 0 Å². The molecule has 1 aromatic carbocycles. The van der Waals surface area contributed by atoms with Crippen molar-refractivity contribution in [3.05, 3.63) is 47.9 Å². The summed E-state index contributed by atoms with van der Waals surface area (Å²) in [6, 6.07) is 11.7. The summed E-state index contributed by atoms with van der Waals surface area (Å²) in [6.45, 7) is 2.00. The molecule has 1 aromatic heterocycles. The molecule has 1 heterocycles. The first kappa shape index (κ1) is 15.0. The molecule has 3 nitrogen and oxygen atoms in total. The maximum Gasteiger partial charge on any atom is 0.222 e. The lowest BCUT2D eigenvalue weighted by Crippen LogP contribution is -2.09. The molecule has 3 rings (SSSR count). The number of aromatic nitrogens is 2. The van der Waals surface area contributed by atoms with Crippen molar-refractivity contribution in [1.29, 1.82) is 0 Å². The van der Waals surface area contributed by atoms with Crippen LogP contribution in [0.15, 0.2) is 36.4 Å². The smallest absolute Gasteiger partial charge is 0.222 e. The zero-order valence-corrected chi connectivity index (χ0v) is 13.3. The second kappa shape index (κ2) is 7.39. The molecule has 3 heteroatoms. The Balaban J connectivity index is 1.64. The summed E-state index contributed by atoms with van der Waals surface area (Å²) in [5, 5.41) is 0. The number of rotatable bonds is 5. The molecule has 0 amide bonds. The molecule has 116 valence electrons. The number of ether oxygens (including phenoxy) is 1. The van der Waals surface area contributed by atoms with Crippen molar-refractivity contribution in [2.75, 3.05) is 0 Å². The van der Waals surface area contributed by atoms with E-state index < -0.39 is 0 Å². The summed E-state index contributed by atoms with van der Waals surface area (Å²) in [5.41, 5.74) is 0.972. The van der Waals surface area contributed by atoms with E-state index in [4.69, 9.17) is 4.74 Å². The monoisotopic (exact) mass is 296 g/mol. The van der Waals surface area contributed by atoms with Crippen molar-refractivity contribution >= 4 is 0 Å². The fourth-order valence-corrected chi connectivity index (χ4v) is 3.18. The number of benzene rings is 1. The second-order valence-corrected chi connectivity index (χ2v) is 6.22. The van der Waals surface area contributed by atoms with E-state index in [0.29, 0.717) is 5.88 Å². The molecule has 1 aliphatic rings. The van der Waals surface area contributed by atoms with Crippen molar-refractivity contribution < 1.29 is 4.74 Å². The van der Waals surface area contributed by atoms with Crippen LogP contribution in [0.3, 0.4) is 0 Å². The Labute approximate surface area is 132 Å². The van der Waals surface area contributed by atoms with Gasteiger partial charge in [0.25, 0.3) is 0 Å². The number of aryl methyl sites for hydroxylation is 2. The summed E-state index contributed by atoms with van der Waals surface area (Å²) >= 11 is 0. The average molecular weight is 296 g/mol. The molecule has 22 heavy (non-hydrogen) atoms. The molecule has 0 radical (unpaired) electrons. The number of hydrogen-bond acceptors (Lipinski definition) is 3. The fourth-order valence-electron chi connectivity index (χ4n) is 3.18. The molecule has 0 N–H and O–H groups in total. The van der Waals surface area contributed by atoms with E-state index >= 15 is 0 Å². The lowest BCUT2D eigenvalue weighted by molar-refractivity contribution is 0.336. The standard InChI is InChI=1S/C19H24N2O/c1-15-14-19(22-17-10-6-3-7-11-17)21-18(20-15)13-12-16-8-4-2-5-9-16/h3,6-7,10-11,14,16H,2,4-5,8-9,12-13H2,1H3. The van der Waals surface area contributed by atoms with Gasteiger partial charge in [0.2, 0.25) is 5.88 Å². The molecule has 0 spiro atoms. The topological polar surface area (TPSA) is 35.0 Å². The van der Waals surface area contributed by atoms with Crippen LogP contribution in [0.1, 0.15) is 50.0 Å². The van der Waals surface area contributed by atoms with Crippen LogP contribution in [0.5, 0.6) is 11.6 Å². The fraction of sp³-hybridized carbons (Fsp3) is 0.474. The van der Waals surface area contributed by atoms with E-state index in [2.05, 4.69) is 9.97 Å². The Morgan fingerprint density at radius 1 is 1.05 bits per heavy atom. The first-order chi connectivity index (χ1) is 10.8. The Bertz CT molecular complexity index is 592. The highest BCUT2D eigenvalue weighted by Gasteiger charge is 2.14. The van der Waals surface area contributed by atoms with Gasteiger partial charge in [0.1, 0.15) is 11.6 Å². The van der Waals surface area contributed by atoms with E-state index in [-0.39, 0.29) is 0 Å². The van der Waals surface area contributed by atoms with Crippen molar-refractivity contribution in [1.82, 2.24) is 9.97 Å². The van der Waals surface area contributed by atoms with Gasteiger partial charge in [-0.05, 0) is 31.4 Å². The van der Waals surface area contributed by atoms with Gasteiger partial charge in [-0.3, -0.25) is 0 Å². The van der Waals surface area contributed by atoms with Gasteiger partial charge in [0, 0.05) is 18.2 Å². The molecule has 0 atom stereocenters. The average Bonchev–Trinajstić information content (AvgIpc) is 2.54. The Morgan fingerprint density at radius 2 is 1.82 bits per heavy atom. The summed E-state index contributed by atoms with van der Waals surface area (Å²) in [7, 11) is 0. The molecule has 0 saturated heterocycles. The number of hydrogen-bond donors (Lipinski definition) is 0. The minimum Gasteiger partial charge on any atom is -0.439 e. The predicted octanol–water partition coefficient (Wildman–Crippen LogP) is 5.09. The van der Waals surface area contributed by atoms with Gasteiger partial charge < -0.3 is 4.74 Å². The Morgan fingerprint density at radius 3 is 2.59 bits per heavy atom. The minimum absolute atomic E-state index is 0.650. The first-order valence-electron chi connectivity index (χ1n) is 8.37. The Hall–Kier alpha value is -1.90. The molecule has 1 fully saturated rings. The van der Waals surface area contributed by atoms with Gasteiger partial charge in [-0.2, -0.15) is 4.98 Å². The van der Waals surface area contributed by atoms with Crippen molar-refractivity contribution in [2.45, 2.75) is 51.9 Å². The Kier molecular flexibility index (Phi) is 5.04. The molecule has 1 saturated carbocycles. The maximum absolute atomic E-state index is 5.84. The van der Waals surface area contributed by atoms with E-state index in [9.17, 15) is 0 Å². The van der Waals surface area contributed by atoms with Crippen molar-refractivity contribution in [2.24, 2.45) is 5.92 Å². The third-order valence-electron chi connectivity index (χ3n) is 4.34. The van der Waals surface area contributed by atoms with Crippen LogP contribution in [-0.4, -0.2) is 9.97 Å². The van der Waals surface area contributed by atoms with Crippen molar-refractivity contribution in [3.63, 3.8) is 0 Å². The first-order valence-corrected chi connectivity index (χ1v) is 8.37. The SMILES string of the molecule is Cc1cc(Oc2ccccc2)nc(CCC2CCCCC2)n1. The van der Waals surface area contributed by atoms with Crippen LogP contribution in [0.4, 0.5) is 0 Å². The van der Waals surface area contributed by atoms with E-state index in [0.717, 1.165) is 29.6 Å². The summed E-state index contributed by atoms with van der Waals surface area (Å²) in [5.74, 6) is 3.24. The van der Waals surface area contributed by atoms with Crippen LogP contribution < -0.4 is 4.74 Å². The summed E-state index contributed by atoms with van der Waals surface area (Å²) in [4.78, 5) is 9.15. The normalized spacial score (nSPS) is 15.7. The largest absolute Gasteiger partial charge is 0.439 e. The van der Waals surface area contributed by atoms with Crippen LogP contribution in [0.2, 0.25) is 0 Å². The molecular weight excluding hydrogens is 272 g/mol. The van der Waals surface area contributed by atoms with Crippen molar-refractivity contribution in [3.8, 4) is 11.6 Å². The molecule has 1 aliphatic carbocycles. The highest BCUT2D eigenvalue weighted by molar-refractivity contribution is 5.27. The third kappa shape index (κ3) is 4.30. The predicted molar refractivity (Wildman–Crippen MR) is 88.2 cm³/mol. The van der Waals surface area contributed by atoms with E-state index in [1.54, 1.807) is 0 Å². The van der Waals surface area contributed by atoms with Gasteiger partial charge in [0.15, 0.2) is 0 Å². The summed E-state index contributed by atoms with van der Waals surface area (Å²) in [6.07, 6.45) is 9.10. The van der Waals surface area contributed by atoms with Crippen LogP contribution in [-0.2, 0) is 6.42 Å². The maximum atomic E-state index is 5.84. The quantitative estimate of drug-likeness (QED) is 0.770. The van der Waals surface area contributed by atoms with Crippen LogP contribution in [0, 0.1) is 12.8 Å². The zero-order valence-electron chi connectivity index (χ0n) is 13.3. The molecule has 0 unspecified atom stereocenters. The third-order valence-corrected chi connectivity index (χ3v) is 4.34. The number of para-hydroxylation sites is 1. The van der Waals surface area contributed by atoms with Gasteiger partial charge >= 0.3 is 0 Å². The second-order valence-electron chi connectivity index (χ2n) is 6.22. The van der Waals surface area contributed by atoms with E-state index in [1.807, 2.05) is 43.3 Å². The number of nitrogens with zero attached hydrogens (tertiary/aromatic N) is 2. The molecular formula is C19H24N2O. The zero-order chi connectivity index (χ0) is 15.2. The van der Waals surface area contributed by atoms with Gasteiger partial charge in [-0.15, -0.1) is 0 Å². The van der Waals surface area contributed by atoms with E-state index in [1.165, 1.54) is 38.5 Å². The molecule has 0 aliphatic heterocycles. The lowest BCUT2D eigenvalue weighted by atomic mass is 9.86. The summed E-state index contributed by atoms with van der Waals surface area (Å²) < 4.78 is 5.84. The van der Waals surface area contributed by atoms with Gasteiger partial charge in [-0.1, -0.05) is 50.3 Å². The molecule has 0 bridgehead atoms. The highest BCUT2D eigenvalue weighted by Crippen LogP contribution is 2.27. The van der Waals surface area contributed by atoms with Gasteiger partial charge in [-0.25, -0.2) is 4.98 Å².